The summed E-state index contributed by atoms with van der Waals surface area (Å²) in [5, 5.41) is 3.51. The topological polar surface area (TPSA) is 32.3 Å². The Labute approximate surface area is 119 Å². The molecule has 1 fully saturated rings. The summed E-state index contributed by atoms with van der Waals surface area (Å²) in [5.74, 6) is 0.335. The number of carbonyl (C=O) groups excluding carboxylic acids is 1. The van der Waals surface area contributed by atoms with Gasteiger partial charge in [-0.05, 0) is 53.1 Å². The number of hydrogen-bond donors (Lipinski definition) is 1. The number of hydrogen-bond acceptors (Lipinski definition) is 3. The number of rotatable bonds is 5. The van der Waals surface area contributed by atoms with E-state index in [9.17, 15) is 4.79 Å². The smallest absolute Gasteiger partial charge is 0.155 e. The fourth-order valence-electron chi connectivity index (χ4n) is 2.63. The molecule has 3 heteroatoms. The predicted molar refractivity (Wildman–Crippen MR) is 81.4 cm³/mol. The van der Waals surface area contributed by atoms with Gasteiger partial charge in [0.1, 0.15) is 0 Å². The van der Waals surface area contributed by atoms with E-state index in [1.807, 2.05) is 20.8 Å². The lowest BCUT2D eigenvalue weighted by Gasteiger charge is -2.32. The first-order valence-corrected chi connectivity index (χ1v) is 7.64. The Hall–Kier alpha value is -0.410. The van der Waals surface area contributed by atoms with E-state index < -0.39 is 0 Å². The highest BCUT2D eigenvalue weighted by atomic mass is 16.1. The molecule has 1 N–H and O–H groups in total. The molecule has 0 aromatic carbocycles. The second kappa shape index (κ2) is 6.36. The van der Waals surface area contributed by atoms with E-state index in [1.54, 1.807) is 0 Å². The van der Waals surface area contributed by atoms with E-state index in [0.29, 0.717) is 5.78 Å². The van der Waals surface area contributed by atoms with Crippen molar-refractivity contribution < 1.29 is 4.79 Å². The average Bonchev–Trinajstić information content (AvgIpc) is 2.73. The zero-order valence-electron chi connectivity index (χ0n) is 13.7. The Morgan fingerprint density at radius 3 is 2.05 bits per heavy atom. The second-order valence-electron chi connectivity index (χ2n) is 7.90. The molecule has 0 aromatic heterocycles. The fourth-order valence-corrected chi connectivity index (χ4v) is 2.63. The van der Waals surface area contributed by atoms with Gasteiger partial charge in [0, 0.05) is 17.5 Å². The van der Waals surface area contributed by atoms with Crippen molar-refractivity contribution in [2.45, 2.75) is 72.4 Å². The van der Waals surface area contributed by atoms with Gasteiger partial charge in [0.25, 0.3) is 0 Å². The van der Waals surface area contributed by atoms with Crippen LogP contribution in [0.4, 0.5) is 0 Å². The first-order chi connectivity index (χ1) is 8.59. The largest absolute Gasteiger partial charge is 0.303 e. The van der Waals surface area contributed by atoms with E-state index in [-0.39, 0.29) is 17.0 Å². The molecule has 112 valence electrons. The third-order valence-corrected chi connectivity index (χ3v) is 3.60. The number of nitrogens with one attached hydrogen (secondary N) is 1. The minimum Gasteiger partial charge on any atom is -0.303 e. The van der Waals surface area contributed by atoms with Crippen molar-refractivity contribution in [3.05, 3.63) is 0 Å². The molecule has 1 atom stereocenters. The number of ketones is 1. The molecule has 0 aromatic rings. The standard InChI is InChI=1S/C16H32N2O/c1-15(2,3)14(19)13(17-16(4,5)6)9-12-18-10-7-8-11-18/h13,17H,7-12H2,1-6H3. The molecule has 1 unspecified atom stereocenters. The van der Waals surface area contributed by atoms with Gasteiger partial charge in [0.2, 0.25) is 0 Å². The van der Waals surface area contributed by atoms with Crippen LogP contribution in [-0.4, -0.2) is 41.9 Å². The van der Waals surface area contributed by atoms with E-state index in [0.717, 1.165) is 13.0 Å². The lowest BCUT2D eigenvalue weighted by Crippen LogP contribution is -2.51. The van der Waals surface area contributed by atoms with E-state index in [4.69, 9.17) is 0 Å². The highest BCUT2D eigenvalue weighted by Crippen LogP contribution is 2.20. The Bertz CT molecular complexity index is 293. The van der Waals surface area contributed by atoms with Gasteiger partial charge in [-0.25, -0.2) is 0 Å². The molecule has 1 aliphatic rings. The van der Waals surface area contributed by atoms with Crippen LogP contribution in [0, 0.1) is 5.41 Å². The molecular weight excluding hydrogens is 236 g/mol. The molecule has 0 radical (unpaired) electrons. The molecular formula is C16H32N2O. The van der Waals surface area contributed by atoms with Gasteiger partial charge in [-0.3, -0.25) is 4.79 Å². The summed E-state index contributed by atoms with van der Waals surface area (Å²) in [6.07, 6.45) is 3.54. The Morgan fingerprint density at radius 2 is 1.63 bits per heavy atom. The molecule has 1 saturated heterocycles. The van der Waals surface area contributed by atoms with E-state index in [2.05, 4.69) is 31.0 Å². The zero-order chi connectivity index (χ0) is 14.7. The summed E-state index contributed by atoms with van der Waals surface area (Å²) >= 11 is 0. The summed E-state index contributed by atoms with van der Waals surface area (Å²) < 4.78 is 0. The quantitative estimate of drug-likeness (QED) is 0.832. The van der Waals surface area contributed by atoms with E-state index >= 15 is 0 Å². The normalized spacial score (nSPS) is 19.7. The first-order valence-electron chi connectivity index (χ1n) is 7.64. The SMILES string of the molecule is CC(C)(C)NC(CCN1CCCC1)C(=O)C(C)(C)C. The monoisotopic (exact) mass is 268 g/mol. The third kappa shape index (κ3) is 6.05. The van der Waals surface area contributed by atoms with Crippen LogP contribution in [0.15, 0.2) is 0 Å². The Kier molecular flexibility index (Phi) is 5.57. The second-order valence-corrected chi connectivity index (χ2v) is 7.90. The van der Waals surface area contributed by atoms with Crippen molar-refractivity contribution in [2.24, 2.45) is 5.41 Å². The molecule has 0 spiro atoms. The highest BCUT2D eigenvalue weighted by Gasteiger charge is 2.32. The van der Waals surface area contributed by atoms with Crippen molar-refractivity contribution in [3.63, 3.8) is 0 Å². The number of likely N-dealkylation sites (tertiary alicyclic amines) is 1. The number of Topliss-reactive ketones (excluding diaryl/α,β-unsaturated/α-hetero) is 1. The van der Waals surface area contributed by atoms with Crippen LogP contribution in [0.2, 0.25) is 0 Å². The van der Waals surface area contributed by atoms with Crippen molar-refractivity contribution in [1.82, 2.24) is 10.2 Å². The first kappa shape index (κ1) is 16.6. The van der Waals surface area contributed by atoms with Crippen LogP contribution in [-0.2, 0) is 4.79 Å². The molecule has 0 aliphatic carbocycles. The molecule has 19 heavy (non-hydrogen) atoms. The van der Waals surface area contributed by atoms with Gasteiger partial charge in [-0.15, -0.1) is 0 Å². The minimum absolute atomic E-state index is 0.0173. The predicted octanol–water partition coefficient (Wildman–Crippen LogP) is 2.84. The van der Waals surface area contributed by atoms with E-state index in [1.165, 1.54) is 25.9 Å². The lowest BCUT2D eigenvalue weighted by molar-refractivity contribution is -0.129. The minimum atomic E-state index is -0.270. The van der Waals surface area contributed by atoms with Crippen LogP contribution >= 0.6 is 0 Å². The van der Waals surface area contributed by atoms with Crippen LogP contribution in [0.1, 0.15) is 60.8 Å². The molecule has 0 amide bonds. The Balaban J connectivity index is 2.60. The molecule has 3 nitrogen and oxygen atoms in total. The van der Waals surface area contributed by atoms with Crippen LogP contribution < -0.4 is 5.32 Å². The molecule has 1 heterocycles. The highest BCUT2D eigenvalue weighted by molar-refractivity contribution is 5.88. The molecule has 1 rings (SSSR count). The van der Waals surface area contributed by atoms with Gasteiger partial charge < -0.3 is 10.2 Å². The van der Waals surface area contributed by atoms with Crippen molar-refractivity contribution in [1.29, 1.82) is 0 Å². The number of carbonyl (C=O) groups is 1. The maximum atomic E-state index is 12.6. The zero-order valence-corrected chi connectivity index (χ0v) is 13.7. The van der Waals surface area contributed by atoms with Gasteiger partial charge in [-0.1, -0.05) is 20.8 Å². The van der Waals surface area contributed by atoms with Crippen molar-refractivity contribution in [2.75, 3.05) is 19.6 Å². The van der Waals surface area contributed by atoms with Gasteiger partial charge in [-0.2, -0.15) is 0 Å². The molecule has 0 saturated carbocycles. The lowest BCUT2D eigenvalue weighted by atomic mass is 9.84. The summed E-state index contributed by atoms with van der Waals surface area (Å²) in [6.45, 7) is 15.9. The summed E-state index contributed by atoms with van der Waals surface area (Å²) in [4.78, 5) is 15.0. The summed E-state index contributed by atoms with van der Waals surface area (Å²) in [7, 11) is 0. The maximum absolute atomic E-state index is 12.6. The van der Waals surface area contributed by atoms with Gasteiger partial charge in [0.15, 0.2) is 5.78 Å². The fraction of sp³-hybridized carbons (Fsp3) is 0.938. The Morgan fingerprint density at radius 1 is 1.11 bits per heavy atom. The van der Waals surface area contributed by atoms with Crippen LogP contribution in [0.5, 0.6) is 0 Å². The molecule has 0 bridgehead atoms. The summed E-state index contributed by atoms with van der Waals surface area (Å²) in [5.41, 5.74) is -0.287. The van der Waals surface area contributed by atoms with Gasteiger partial charge >= 0.3 is 0 Å². The van der Waals surface area contributed by atoms with Crippen LogP contribution in [0.25, 0.3) is 0 Å². The van der Waals surface area contributed by atoms with Crippen LogP contribution in [0.3, 0.4) is 0 Å². The van der Waals surface area contributed by atoms with Gasteiger partial charge in [0.05, 0.1) is 6.04 Å². The third-order valence-electron chi connectivity index (χ3n) is 3.60. The molecule has 1 aliphatic heterocycles. The maximum Gasteiger partial charge on any atom is 0.155 e. The van der Waals surface area contributed by atoms with Crippen molar-refractivity contribution in [3.8, 4) is 0 Å². The van der Waals surface area contributed by atoms with Crippen molar-refractivity contribution >= 4 is 5.78 Å². The number of nitrogens with zero attached hydrogens (tertiary/aromatic N) is 1. The summed E-state index contributed by atoms with van der Waals surface area (Å²) in [6, 6.07) is -0.0272. The average molecular weight is 268 g/mol.